The van der Waals surface area contributed by atoms with Crippen LogP contribution in [0.1, 0.15) is 311 Å². The molecule has 0 fully saturated rings. The second-order valence-electron chi connectivity index (χ2n) is 20.2. The standard InChI is InChI=1S/C56H108O6/c1-6-7-8-9-10-11-12-13-14-15-19-22-25-31-36-41-46-54(57)60-49-53(50-61-55(58)47-42-37-32-28-27-30-35-40-45-52(4)5)62-56(59)48-43-38-33-26-23-20-17-16-18-21-24-29-34-39-44-51(2)3/h51-53H,6-50H2,1-5H3/t53-/m0/s1. The third-order valence-electron chi connectivity index (χ3n) is 12.7. The Morgan fingerprint density at radius 2 is 0.532 bits per heavy atom. The molecular weight excluding hydrogens is 769 g/mol. The highest BCUT2D eigenvalue weighted by Gasteiger charge is 2.19. The van der Waals surface area contributed by atoms with Crippen LogP contribution < -0.4 is 0 Å². The van der Waals surface area contributed by atoms with Crippen molar-refractivity contribution in [3.05, 3.63) is 0 Å². The lowest BCUT2D eigenvalue weighted by Crippen LogP contribution is -2.30. The van der Waals surface area contributed by atoms with Gasteiger partial charge in [0.2, 0.25) is 0 Å². The molecule has 0 aliphatic rings. The molecule has 6 heteroatoms. The van der Waals surface area contributed by atoms with E-state index in [1.54, 1.807) is 0 Å². The van der Waals surface area contributed by atoms with Crippen molar-refractivity contribution in [3.63, 3.8) is 0 Å². The summed E-state index contributed by atoms with van der Waals surface area (Å²) in [5.74, 6) is 0.795. The van der Waals surface area contributed by atoms with Crippen molar-refractivity contribution in [1.82, 2.24) is 0 Å². The number of unbranched alkanes of at least 4 members (excludes halogenated alkanes) is 35. The van der Waals surface area contributed by atoms with Gasteiger partial charge in [0.05, 0.1) is 0 Å². The van der Waals surface area contributed by atoms with Gasteiger partial charge in [-0.3, -0.25) is 14.4 Å². The second-order valence-corrected chi connectivity index (χ2v) is 20.2. The molecule has 0 N–H and O–H groups in total. The smallest absolute Gasteiger partial charge is 0.306 e. The number of hydrogen-bond donors (Lipinski definition) is 0. The summed E-state index contributed by atoms with van der Waals surface area (Å²) in [6.45, 7) is 11.4. The lowest BCUT2D eigenvalue weighted by molar-refractivity contribution is -0.167. The van der Waals surface area contributed by atoms with Crippen molar-refractivity contribution in [2.24, 2.45) is 11.8 Å². The lowest BCUT2D eigenvalue weighted by Gasteiger charge is -2.18. The van der Waals surface area contributed by atoms with Crippen LogP contribution in [0.4, 0.5) is 0 Å². The maximum Gasteiger partial charge on any atom is 0.306 e. The van der Waals surface area contributed by atoms with E-state index >= 15 is 0 Å². The molecule has 0 saturated carbocycles. The Morgan fingerprint density at radius 1 is 0.306 bits per heavy atom. The van der Waals surface area contributed by atoms with E-state index in [2.05, 4.69) is 34.6 Å². The summed E-state index contributed by atoms with van der Waals surface area (Å²) in [7, 11) is 0. The van der Waals surface area contributed by atoms with Gasteiger partial charge in [0.25, 0.3) is 0 Å². The molecule has 1 atom stereocenters. The van der Waals surface area contributed by atoms with Gasteiger partial charge in [-0.1, -0.05) is 272 Å². The van der Waals surface area contributed by atoms with Crippen LogP contribution in [0, 0.1) is 11.8 Å². The third kappa shape index (κ3) is 49.4. The zero-order chi connectivity index (χ0) is 45.4. The highest BCUT2D eigenvalue weighted by Crippen LogP contribution is 2.18. The van der Waals surface area contributed by atoms with Gasteiger partial charge >= 0.3 is 17.9 Å². The Morgan fingerprint density at radius 3 is 0.790 bits per heavy atom. The summed E-state index contributed by atoms with van der Waals surface area (Å²) in [4.78, 5) is 38.0. The van der Waals surface area contributed by atoms with E-state index in [4.69, 9.17) is 14.2 Å². The topological polar surface area (TPSA) is 78.9 Å². The number of carbonyl (C=O) groups is 3. The van der Waals surface area contributed by atoms with Crippen LogP contribution in [-0.2, 0) is 28.6 Å². The molecule has 0 aromatic heterocycles. The van der Waals surface area contributed by atoms with Gasteiger partial charge in [-0.25, -0.2) is 0 Å². The molecule has 0 amide bonds. The average molecular weight is 877 g/mol. The molecule has 0 spiro atoms. The number of hydrogen-bond acceptors (Lipinski definition) is 6. The van der Waals surface area contributed by atoms with Crippen LogP contribution in [0.25, 0.3) is 0 Å². The second kappa shape index (κ2) is 48.9. The maximum absolute atomic E-state index is 12.8. The van der Waals surface area contributed by atoms with Gasteiger partial charge in [-0.15, -0.1) is 0 Å². The molecule has 6 nitrogen and oxygen atoms in total. The molecule has 0 aliphatic carbocycles. The van der Waals surface area contributed by atoms with E-state index in [0.717, 1.165) is 69.6 Å². The van der Waals surface area contributed by atoms with Crippen LogP contribution in [0.5, 0.6) is 0 Å². The number of ether oxygens (including phenoxy) is 3. The molecule has 0 aromatic carbocycles. The van der Waals surface area contributed by atoms with Crippen LogP contribution in [0.15, 0.2) is 0 Å². The van der Waals surface area contributed by atoms with Gasteiger partial charge in [0.15, 0.2) is 6.10 Å². The van der Waals surface area contributed by atoms with Gasteiger partial charge in [0.1, 0.15) is 13.2 Å². The third-order valence-corrected chi connectivity index (χ3v) is 12.7. The summed E-state index contributed by atoms with van der Waals surface area (Å²) in [5, 5.41) is 0. The zero-order valence-electron chi connectivity index (χ0n) is 42.5. The molecule has 0 unspecified atom stereocenters. The van der Waals surface area contributed by atoms with Gasteiger partial charge in [0, 0.05) is 19.3 Å². The average Bonchev–Trinajstić information content (AvgIpc) is 3.24. The Hall–Kier alpha value is -1.59. The highest BCUT2D eigenvalue weighted by atomic mass is 16.6. The quantitative estimate of drug-likeness (QED) is 0.0344. The molecule has 0 heterocycles. The Bertz CT molecular complexity index is 947. The van der Waals surface area contributed by atoms with Crippen LogP contribution >= 0.6 is 0 Å². The first-order valence-electron chi connectivity index (χ1n) is 27.7. The zero-order valence-corrected chi connectivity index (χ0v) is 42.5. The summed E-state index contributed by atoms with van der Waals surface area (Å²) in [6, 6.07) is 0. The summed E-state index contributed by atoms with van der Waals surface area (Å²) < 4.78 is 16.8. The monoisotopic (exact) mass is 877 g/mol. The highest BCUT2D eigenvalue weighted by molar-refractivity contribution is 5.71. The van der Waals surface area contributed by atoms with Gasteiger partial charge in [-0.2, -0.15) is 0 Å². The number of rotatable bonds is 50. The molecule has 62 heavy (non-hydrogen) atoms. The van der Waals surface area contributed by atoms with E-state index in [-0.39, 0.29) is 31.1 Å². The molecule has 0 aromatic rings. The van der Waals surface area contributed by atoms with Crippen molar-refractivity contribution >= 4 is 17.9 Å². The first kappa shape index (κ1) is 60.4. The van der Waals surface area contributed by atoms with E-state index in [9.17, 15) is 14.4 Å². The molecule has 0 saturated heterocycles. The molecule has 368 valence electrons. The molecule has 0 radical (unpaired) electrons. The maximum atomic E-state index is 12.8. The van der Waals surface area contributed by atoms with E-state index in [1.807, 2.05) is 0 Å². The van der Waals surface area contributed by atoms with Gasteiger partial charge in [-0.05, 0) is 31.1 Å². The van der Waals surface area contributed by atoms with Crippen molar-refractivity contribution < 1.29 is 28.6 Å². The predicted octanol–water partition coefficient (Wildman–Crippen LogP) is 18.1. The Balaban J connectivity index is 4.28. The normalized spacial score (nSPS) is 12.0. The lowest BCUT2D eigenvalue weighted by atomic mass is 10.0. The van der Waals surface area contributed by atoms with Crippen molar-refractivity contribution in [2.45, 2.75) is 317 Å². The van der Waals surface area contributed by atoms with Crippen LogP contribution in [-0.4, -0.2) is 37.2 Å². The van der Waals surface area contributed by atoms with E-state index < -0.39 is 6.10 Å². The minimum absolute atomic E-state index is 0.0633. The van der Waals surface area contributed by atoms with Crippen molar-refractivity contribution in [2.75, 3.05) is 13.2 Å². The van der Waals surface area contributed by atoms with Crippen LogP contribution in [0.2, 0.25) is 0 Å². The van der Waals surface area contributed by atoms with Crippen LogP contribution in [0.3, 0.4) is 0 Å². The SMILES string of the molecule is CCCCCCCCCCCCCCCCCCC(=O)OC[C@@H](COC(=O)CCCCCCCCCCC(C)C)OC(=O)CCCCCCCCCCCCCCCCC(C)C. The Kier molecular flexibility index (Phi) is 47.6. The van der Waals surface area contributed by atoms with E-state index in [1.165, 1.54) is 199 Å². The summed E-state index contributed by atoms with van der Waals surface area (Å²) in [6.07, 6.45) is 51.0. The van der Waals surface area contributed by atoms with Crippen molar-refractivity contribution in [1.29, 1.82) is 0 Å². The predicted molar refractivity (Wildman–Crippen MR) is 266 cm³/mol. The fourth-order valence-corrected chi connectivity index (χ4v) is 8.52. The minimum atomic E-state index is -0.762. The summed E-state index contributed by atoms with van der Waals surface area (Å²) >= 11 is 0. The van der Waals surface area contributed by atoms with Crippen molar-refractivity contribution in [3.8, 4) is 0 Å². The molecular formula is C56H108O6. The first-order valence-corrected chi connectivity index (χ1v) is 27.7. The minimum Gasteiger partial charge on any atom is -0.462 e. The molecule has 0 bridgehead atoms. The number of carbonyl (C=O) groups excluding carboxylic acids is 3. The first-order chi connectivity index (χ1) is 30.2. The number of esters is 3. The molecule has 0 rings (SSSR count). The largest absolute Gasteiger partial charge is 0.462 e. The Labute approximate surface area is 387 Å². The van der Waals surface area contributed by atoms with E-state index in [0.29, 0.717) is 19.3 Å². The fraction of sp³-hybridized carbons (Fsp3) is 0.946. The summed E-state index contributed by atoms with van der Waals surface area (Å²) in [5.41, 5.74) is 0. The van der Waals surface area contributed by atoms with Gasteiger partial charge < -0.3 is 14.2 Å². The molecule has 0 aliphatic heterocycles. The fourth-order valence-electron chi connectivity index (χ4n) is 8.52.